The largest absolute Gasteiger partial charge is 0.467 e. The number of rotatable bonds is 30. The maximum absolute atomic E-state index is 14.5. The molecule has 348 valence electrons. The predicted octanol–water partition coefficient (Wildman–Crippen LogP) is 10.1. The number of aliphatic hydroxyl groups is 1. The number of nitrogens with one attached hydrogen (secondary N) is 2. The fourth-order valence-electron chi connectivity index (χ4n) is 6.82. The minimum Gasteiger partial charge on any atom is -0.467 e. The van der Waals surface area contributed by atoms with Gasteiger partial charge in [-0.3, -0.25) is 4.79 Å². The van der Waals surface area contributed by atoms with E-state index in [0.717, 1.165) is 25.2 Å². The van der Waals surface area contributed by atoms with Gasteiger partial charge in [-0.25, -0.2) is 14.4 Å². The van der Waals surface area contributed by atoms with E-state index in [0.29, 0.717) is 24.6 Å². The first-order chi connectivity index (χ1) is 27.3. The molecule has 0 radical (unpaired) electrons. The topological polar surface area (TPSA) is 159 Å². The molecule has 0 aromatic rings. The van der Waals surface area contributed by atoms with Gasteiger partial charge in [0.2, 0.25) is 5.91 Å². The second kappa shape index (κ2) is 27.8. The summed E-state index contributed by atoms with van der Waals surface area (Å²) in [5.74, 6) is -2.53. The van der Waals surface area contributed by atoms with Crippen molar-refractivity contribution in [3.63, 3.8) is 0 Å². The third kappa shape index (κ3) is 22.1. The van der Waals surface area contributed by atoms with Gasteiger partial charge in [0.05, 0.1) is 32.3 Å². The van der Waals surface area contributed by atoms with Crippen molar-refractivity contribution in [3.05, 3.63) is 0 Å². The molecule has 0 aliphatic rings. The standard InChI is InChI=1S/C45H90N2O10Si2/c1-17-59(18-2,19-3)57-39(42(51)53-14)37(47-43(52)56-44(8,9)10)41(50)55-38(34(6)30-28-26-24-22-20-21-23-25-27-29-33(4)5)35(7)40(49)46-36(31-48)32-54-58(15,16)45(11,12)13/h33-39,48H,17-32H2,1-16H3,(H,46,49)(H,47,52)/t34-,35+,36-,37+,38+,39+/m1/s1. The summed E-state index contributed by atoms with van der Waals surface area (Å²) >= 11 is 0. The van der Waals surface area contributed by atoms with Crippen LogP contribution >= 0.6 is 0 Å². The molecule has 0 bridgehead atoms. The van der Waals surface area contributed by atoms with E-state index in [2.05, 4.69) is 58.3 Å². The van der Waals surface area contributed by atoms with Crippen molar-refractivity contribution in [2.75, 3.05) is 20.3 Å². The Kier molecular flexibility index (Phi) is 26.9. The lowest BCUT2D eigenvalue weighted by atomic mass is 9.88. The molecule has 0 unspecified atom stereocenters. The molecule has 0 saturated carbocycles. The average Bonchev–Trinajstić information content (AvgIpc) is 3.15. The lowest BCUT2D eigenvalue weighted by Gasteiger charge is -2.37. The number of alkyl carbamates (subject to hydrolysis) is 1. The number of carbonyl (C=O) groups excluding carboxylic acids is 4. The molecular weight excluding hydrogens is 785 g/mol. The summed E-state index contributed by atoms with van der Waals surface area (Å²) < 4.78 is 29.9. The van der Waals surface area contributed by atoms with Gasteiger partial charge in [-0.1, -0.05) is 133 Å². The second-order valence-corrected chi connectivity index (χ2v) is 29.2. The maximum Gasteiger partial charge on any atom is 0.408 e. The maximum atomic E-state index is 14.5. The van der Waals surface area contributed by atoms with Gasteiger partial charge in [0.25, 0.3) is 0 Å². The molecule has 0 aromatic heterocycles. The molecule has 2 amide bonds. The first kappa shape index (κ1) is 57.0. The van der Waals surface area contributed by atoms with Crippen molar-refractivity contribution in [2.45, 2.75) is 227 Å². The second-order valence-electron chi connectivity index (χ2n) is 19.7. The first-order valence-corrected chi connectivity index (χ1v) is 28.3. The number of carbonyl (C=O) groups is 4. The molecule has 12 nitrogen and oxygen atoms in total. The summed E-state index contributed by atoms with van der Waals surface area (Å²) in [6, 6.07) is -0.284. The Bertz CT molecular complexity index is 1210. The number of esters is 2. The van der Waals surface area contributed by atoms with E-state index in [4.69, 9.17) is 23.1 Å². The van der Waals surface area contributed by atoms with E-state index < -0.39 is 76.4 Å². The van der Waals surface area contributed by atoms with Crippen LogP contribution in [0, 0.1) is 17.8 Å². The molecule has 59 heavy (non-hydrogen) atoms. The molecule has 0 rings (SSSR count). The molecule has 0 aliphatic heterocycles. The lowest BCUT2D eigenvalue weighted by molar-refractivity contribution is -0.168. The zero-order valence-electron chi connectivity index (χ0n) is 40.5. The molecule has 0 spiro atoms. The first-order valence-electron chi connectivity index (χ1n) is 22.8. The number of amides is 2. The third-order valence-corrected chi connectivity index (χ3v) is 21.3. The highest BCUT2D eigenvalue weighted by Gasteiger charge is 2.46. The molecule has 0 saturated heterocycles. The van der Waals surface area contributed by atoms with Gasteiger partial charge in [-0.15, -0.1) is 0 Å². The van der Waals surface area contributed by atoms with Crippen LogP contribution in [-0.4, -0.2) is 95.9 Å². The Balaban J connectivity index is 6.49. The SMILES string of the molecule is CC[Si](CC)(CC)O[C@H](C(=O)OC)[C@H](NC(=O)OC(C)(C)C)C(=O)O[C@@H]([C@H](C)CCCCCCCCCCCC(C)C)[C@H](C)C(=O)N[C@H](CO)CO[Si](C)(C)C(C)(C)C. The van der Waals surface area contributed by atoms with Crippen molar-refractivity contribution in [1.29, 1.82) is 0 Å². The minimum atomic E-state index is -2.57. The molecule has 14 heteroatoms. The smallest absolute Gasteiger partial charge is 0.408 e. The predicted molar refractivity (Wildman–Crippen MR) is 243 cm³/mol. The van der Waals surface area contributed by atoms with Crippen LogP contribution in [0.25, 0.3) is 0 Å². The Morgan fingerprint density at radius 2 is 1.20 bits per heavy atom. The molecule has 0 heterocycles. The van der Waals surface area contributed by atoms with Crippen molar-refractivity contribution in [2.24, 2.45) is 17.8 Å². The van der Waals surface area contributed by atoms with Crippen molar-refractivity contribution < 1.29 is 47.3 Å². The molecule has 0 fully saturated rings. The quantitative estimate of drug-likeness (QED) is 0.0275. The number of methoxy groups -OCH3 is 1. The summed E-state index contributed by atoms with van der Waals surface area (Å²) in [5, 5.41) is 15.7. The van der Waals surface area contributed by atoms with Crippen molar-refractivity contribution in [3.8, 4) is 0 Å². The van der Waals surface area contributed by atoms with E-state index in [1.165, 1.54) is 52.1 Å². The highest BCUT2D eigenvalue weighted by atomic mass is 28.4. The van der Waals surface area contributed by atoms with Crippen LogP contribution in [0.3, 0.4) is 0 Å². The van der Waals surface area contributed by atoms with Gasteiger partial charge < -0.3 is 38.8 Å². The van der Waals surface area contributed by atoms with E-state index in [-0.39, 0.29) is 24.2 Å². The monoisotopic (exact) mass is 875 g/mol. The van der Waals surface area contributed by atoms with E-state index in [9.17, 15) is 24.3 Å². The minimum absolute atomic E-state index is 0.0601. The zero-order chi connectivity index (χ0) is 45.6. The zero-order valence-corrected chi connectivity index (χ0v) is 42.5. The number of hydrogen-bond acceptors (Lipinski definition) is 10. The van der Waals surface area contributed by atoms with Gasteiger partial charge >= 0.3 is 18.0 Å². The van der Waals surface area contributed by atoms with Crippen molar-refractivity contribution >= 4 is 40.6 Å². The Morgan fingerprint density at radius 1 is 0.712 bits per heavy atom. The fraction of sp³-hybridized carbons (Fsp3) is 0.911. The van der Waals surface area contributed by atoms with E-state index in [1.807, 2.05) is 27.7 Å². The third-order valence-electron chi connectivity index (χ3n) is 12.2. The summed E-state index contributed by atoms with van der Waals surface area (Å²) in [5.41, 5.74) is -0.899. The van der Waals surface area contributed by atoms with Gasteiger partial charge in [-0.05, 0) is 75.3 Å². The summed E-state index contributed by atoms with van der Waals surface area (Å²) in [6.07, 6.45) is 9.10. The molecule has 6 atom stereocenters. The highest BCUT2D eigenvalue weighted by Crippen LogP contribution is 2.36. The van der Waals surface area contributed by atoms with E-state index in [1.54, 1.807) is 27.7 Å². The van der Waals surface area contributed by atoms with Gasteiger partial charge in [0.1, 0.15) is 11.7 Å². The van der Waals surface area contributed by atoms with Gasteiger partial charge in [0, 0.05) is 0 Å². The molecular formula is C45H90N2O10Si2. The molecule has 0 aliphatic carbocycles. The number of hydrogen-bond donors (Lipinski definition) is 3. The normalized spacial score (nSPS) is 15.8. The molecule has 0 aromatic carbocycles. The van der Waals surface area contributed by atoms with Crippen LogP contribution in [0.2, 0.25) is 36.3 Å². The highest BCUT2D eigenvalue weighted by molar-refractivity contribution is 6.74. The van der Waals surface area contributed by atoms with Crippen LogP contribution in [-0.2, 0) is 37.4 Å². The average molecular weight is 875 g/mol. The summed E-state index contributed by atoms with van der Waals surface area (Å²) in [6.45, 7) is 29.7. The number of ether oxygens (including phenoxy) is 3. The van der Waals surface area contributed by atoms with Gasteiger partial charge in [-0.2, -0.15) is 0 Å². The molecule has 3 N–H and O–H groups in total. The van der Waals surface area contributed by atoms with Crippen molar-refractivity contribution in [1.82, 2.24) is 10.6 Å². The van der Waals surface area contributed by atoms with Crippen LogP contribution in [0.1, 0.15) is 161 Å². The van der Waals surface area contributed by atoms with Crippen LogP contribution in [0.15, 0.2) is 0 Å². The Hall–Kier alpha value is -2.01. The fourth-order valence-corrected chi connectivity index (χ4v) is 10.6. The summed E-state index contributed by atoms with van der Waals surface area (Å²) in [4.78, 5) is 55.3. The van der Waals surface area contributed by atoms with Crippen LogP contribution in [0.4, 0.5) is 4.79 Å². The Morgan fingerprint density at radius 3 is 1.63 bits per heavy atom. The summed E-state index contributed by atoms with van der Waals surface area (Å²) in [7, 11) is -3.54. The Labute approximate surface area is 362 Å². The van der Waals surface area contributed by atoms with Crippen LogP contribution in [0.5, 0.6) is 0 Å². The van der Waals surface area contributed by atoms with E-state index >= 15 is 0 Å². The number of unbranched alkanes of at least 4 members (excludes halogenated alkanes) is 8. The van der Waals surface area contributed by atoms with Gasteiger partial charge in [0.15, 0.2) is 28.8 Å². The lowest BCUT2D eigenvalue weighted by Crippen LogP contribution is -2.59. The van der Waals surface area contributed by atoms with Crippen LogP contribution < -0.4 is 10.6 Å². The number of aliphatic hydroxyl groups excluding tert-OH is 1.